The van der Waals surface area contributed by atoms with Gasteiger partial charge in [0.2, 0.25) is 0 Å². The quantitative estimate of drug-likeness (QED) is 0.821. The number of carbonyl (C=O) groups is 1. The van der Waals surface area contributed by atoms with Gasteiger partial charge in [0.05, 0.1) is 16.0 Å². The second-order valence-corrected chi connectivity index (χ2v) is 6.15. The molecule has 0 saturated heterocycles. The van der Waals surface area contributed by atoms with Crippen molar-refractivity contribution in [3.05, 3.63) is 20.8 Å². The number of carbonyl (C=O) groups excluding carboxylic acids is 1. The van der Waals surface area contributed by atoms with Gasteiger partial charge in [-0.25, -0.2) is 0 Å². The van der Waals surface area contributed by atoms with Crippen molar-refractivity contribution in [1.29, 1.82) is 0 Å². The minimum atomic E-state index is -0.0462. The number of amides is 1. The Morgan fingerprint density at radius 3 is 2.94 bits per heavy atom. The summed E-state index contributed by atoms with van der Waals surface area (Å²) in [7, 11) is 0. The highest BCUT2D eigenvalue weighted by molar-refractivity contribution is 9.11. The molecule has 16 heavy (non-hydrogen) atoms. The number of halogens is 1. The lowest BCUT2D eigenvalue weighted by molar-refractivity contribution is 0.0886. The maximum atomic E-state index is 11.6. The summed E-state index contributed by atoms with van der Waals surface area (Å²) in [5.74, 6) is 0.485. The first-order valence-corrected chi connectivity index (χ1v) is 6.87. The number of ether oxygens (including phenoxy) is 1. The van der Waals surface area contributed by atoms with Crippen LogP contribution < -0.4 is 5.32 Å². The molecule has 1 heterocycles. The van der Waals surface area contributed by atoms with E-state index >= 15 is 0 Å². The van der Waals surface area contributed by atoms with Crippen LogP contribution in [-0.4, -0.2) is 25.7 Å². The Kier molecular flexibility index (Phi) is 6.01. The maximum Gasteiger partial charge on any atom is 0.252 e. The predicted octanol–water partition coefficient (Wildman–Crippen LogP) is 2.91. The van der Waals surface area contributed by atoms with E-state index in [4.69, 9.17) is 4.74 Å². The first kappa shape index (κ1) is 13.7. The molecule has 3 nitrogen and oxygen atoms in total. The fraction of sp³-hybridized carbons (Fsp3) is 0.545. The van der Waals surface area contributed by atoms with Gasteiger partial charge in [-0.1, -0.05) is 13.8 Å². The molecule has 90 valence electrons. The molecule has 1 N–H and O–H groups in total. The molecule has 1 aromatic rings. The lowest BCUT2D eigenvalue weighted by atomic mass is 10.2. The van der Waals surface area contributed by atoms with Crippen molar-refractivity contribution in [2.24, 2.45) is 5.92 Å². The Labute approximate surface area is 108 Å². The van der Waals surface area contributed by atoms with E-state index < -0.39 is 0 Å². The Balaban J connectivity index is 2.16. The summed E-state index contributed by atoms with van der Waals surface area (Å²) < 4.78 is 6.33. The lowest BCUT2D eigenvalue weighted by Gasteiger charge is -2.07. The van der Waals surface area contributed by atoms with Crippen LogP contribution in [0.1, 0.15) is 24.2 Å². The number of rotatable bonds is 6. The van der Waals surface area contributed by atoms with Gasteiger partial charge in [0.1, 0.15) is 0 Å². The molecule has 1 aromatic heterocycles. The van der Waals surface area contributed by atoms with Crippen molar-refractivity contribution in [1.82, 2.24) is 5.32 Å². The Bertz CT molecular complexity index is 338. The molecule has 0 fully saturated rings. The van der Waals surface area contributed by atoms with Crippen LogP contribution >= 0.6 is 27.3 Å². The van der Waals surface area contributed by atoms with Gasteiger partial charge < -0.3 is 10.1 Å². The van der Waals surface area contributed by atoms with Gasteiger partial charge in [0.15, 0.2) is 0 Å². The standard InChI is InChI=1S/C11H16BrNO2S/c1-8(2)6-15-4-3-13-11(14)9-5-10(12)16-7-9/h5,7-8H,3-4,6H2,1-2H3,(H,13,14). The first-order valence-electron chi connectivity index (χ1n) is 5.19. The van der Waals surface area contributed by atoms with Crippen molar-refractivity contribution < 1.29 is 9.53 Å². The van der Waals surface area contributed by atoms with Gasteiger partial charge in [-0.15, -0.1) is 11.3 Å². The van der Waals surface area contributed by atoms with Crippen LogP contribution in [0.4, 0.5) is 0 Å². The molecule has 1 amide bonds. The maximum absolute atomic E-state index is 11.6. The molecule has 0 aliphatic rings. The van der Waals surface area contributed by atoms with Crippen molar-refractivity contribution in [3.63, 3.8) is 0 Å². The van der Waals surface area contributed by atoms with E-state index in [1.165, 1.54) is 11.3 Å². The van der Waals surface area contributed by atoms with Crippen LogP contribution in [0.5, 0.6) is 0 Å². The van der Waals surface area contributed by atoms with Crippen molar-refractivity contribution in [3.8, 4) is 0 Å². The zero-order valence-electron chi connectivity index (χ0n) is 9.46. The SMILES string of the molecule is CC(C)COCCNC(=O)c1csc(Br)c1. The van der Waals surface area contributed by atoms with Crippen LogP contribution in [0.3, 0.4) is 0 Å². The topological polar surface area (TPSA) is 38.3 Å². The van der Waals surface area contributed by atoms with Gasteiger partial charge in [0.25, 0.3) is 5.91 Å². The fourth-order valence-corrected chi connectivity index (χ4v) is 2.22. The molecule has 1 rings (SSSR count). The average molecular weight is 306 g/mol. The summed E-state index contributed by atoms with van der Waals surface area (Å²) in [5.41, 5.74) is 0.695. The largest absolute Gasteiger partial charge is 0.379 e. The first-order chi connectivity index (χ1) is 7.59. The summed E-state index contributed by atoms with van der Waals surface area (Å²) in [5, 5.41) is 4.64. The van der Waals surface area contributed by atoms with Crippen molar-refractivity contribution >= 4 is 33.2 Å². The third-order valence-electron chi connectivity index (χ3n) is 1.81. The van der Waals surface area contributed by atoms with Gasteiger partial charge in [-0.3, -0.25) is 4.79 Å². The summed E-state index contributed by atoms with van der Waals surface area (Å²) in [6.45, 7) is 6.05. The predicted molar refractivity (Wildman–Crippen MR) is 70.0 cm³/mol. The number of hydrogen-bond acceptors (Lipinski definition) is 3. The van der Waals surface area contributed by atoms with E-state index in [1.54, 1.807) is 0 Å². The normalized spacial score (nSPS) is 10.8. The molecule has 0 atom stereocenters. The Morgan fingerprint density at radius 1 is 1.62 bits per heavy atom. The highest BCUT2D eigenvalue weighted by Crippen LogP contribution is 2.20. The molecule has 0 radical (unpaired) electrons. The van der Waals surface area contributed by atoms with E-state index in [0.717, 1.165) is 10.4 Å². The van der Waals surface area contributed by atoms with Crippen LogP contribution in [0.25, 0.3) is 0 Å². The molecule has 0 aliphatic heterocycles. The number of thiophene rings is 1. The highest BCUT2D eigenvalue weighted by Gasteiger charge is 2.06. The van der Waals surface area contributed by atoms with Crippen LogP contribution in [0.15, 0.2) is 15.2 Å². The second kappa shape index (κ2) is 7.04. The summed E-state index contributed by atoms with van der Waals surface area (Å²) in [6, 6.07) is 1.81. The molecule has 0 saturated carbocycles. The molecule has 0 spiro atoms. The molecular formula is C11H16BrNO2S. The summed E-state index contributed by atoms with van der Waals surface area (Å²) in [6.07, 6.45) is 0. The summed E-state index contributed by atoms with van der Waals surface area (Å²) >= 11 is 4.83. The molecule has 0 unspecified atom stereocenters. The van der Waals surface area contributed by atoms with E-state index in [9.17, 15) is 4.79 Å². The minimum absolute atomic E-state index is 0.0462. The van der Waals surface area contributed by atoms with Crippen molar-refractivity contribution in [2.45, 2.75) is 13.8 Å². The van der Waals surface area contributed by atoms with Gasteiger partial charge >= 0.3 is 0 Å². The van der Waals surface area contributed by atoms with Gasteiger partial charge in [0, 0.05) is 18.5 Å². The molecule has 0 bridgehead atoms. The molecule has 5 heteroatoms. The zero-order valence-corrected chi connectivity index (χ0v) is 11.9. The average Bonchev–Trinajstić information content (AvgIpc) is 2.63. The van der Waals surface area contributed by atoms with Gasteiger partial charge in [-0.2, -0.15) is 0 Å². The lowest BCUT2D eigenvalue weighted by Crippen LogP contribution is -2.27. The third-order valence-corrected chi connectivity index (χ3v) is 3.32. The molecule has 0 aliphatic carbocycles. The number of nitrogens with one attached hydrogen (secondary N) is 1. The van der Waals surface area contributed by atoms with Crippen molar-refractivity contribution in [2.75, 3.05) is 19.8 Å². The number of hydrogen-bond donors (Lipinski definition) is 1. The van der Waals surface area contributed by atoms with E-state index in [0.29, 0.717) is 24.6 Å². The molecular weight excluding hydrogens is 290 g/mol. The minimum Gasteiger partial charge on any atom is -0.379 e. The monoisotopic (exact) mass is 305 g/mol. The molecule has 0 aromatic carbocycles. The van der Waals surface area contributed by atoms with Crippen LogP contribution in [-0.2, 0) is 4.74 Å². The fourth-order valence-electron chi connectivity index (χ4n) is 1.09. The van der Waals surface area contributed by atoms with E-state index in [2.05, 4.69) is 35.1 Å². The Hall–Kier alpha value is -0.390. The van der Waals surface area contributed by atoms with Crippen LogP contribution in [0, 0.1) is 5.92 Å². The smallest absolute Gasteiger partial charge is 0.252 e. The summed E-state index contributed by atoms with van der Waals surface area (Å²) in [4.78, 5) is 11.6. The van der Waals surface area contributed by atoms with Crippen LogP contribution in [0.2, 0.25) is 0 Å². The van der Waals surface area contributed by atoms with E-state index in [1.807, 2.05) is 11.4 Å². The third kappa shape index (κ3) is 5.09. The van der Waals surface area contributed by atoms with Gasteiger partial charge in [-0.05, 0) is 27.9 Å². The Morgan fingerprint density at radius 2 is 2.38 bits per heavy atom. The second-order valence-electron chi connectivity index (χ2n) is 3.86. The zero-order chi connectivity index (χ0) is 12.0. The van der Waals surface area contributed by atoms with E-state index in [-0.39, 0.29) is 5.91 Å². The highest BCUT2D eigenvalue weighted by atomic mass is 79.9.